The fourth-order valence-electron chi connectivity index (χ4n) is 4.88. The number of fused-ring (bicyclic) bond motifs is 2. The van der Waals surface area contributed by atoms with Gasteiger partial charge in [-0.05, 0) is 56.5 Å². The number of carbonyl (C=O) groups is 2. The van der Waals surface area contributed by atoms with Gasteiger partial charge in [-0.1, -0.05) is 11.6 Å². The number of benzene rings is 1. The summed E-state index contributed by atoms with van der Waals surface area (Å²) >= 11 is 7.51. The predicted molar refractivity (Wildman–Crippen MR) is 132 cm³/mol. The largest absolute Gasteiger partial charge is 0.396 e. The first-order valence-electron chi connectivity index (χ1n) is 11.6. The van der Waals surface area contributed by atoms with E-state index in [9.17, 15) is 14.7 Å². The van der Waals surface area contributed by atoms with Crippen molar-refractivity contribution in [1.82, 2.24) is 25.5 Å². The third kappa shape index (κ3) is 4.84. The van der Waals surface area contributed by atoms with E-state index in [0.29, 0.717) is 28.6 Å². The van der Waals surface area contributed by atoms with E-state index in [-0.39, 0.29) is 36.4 Å². The van der Waals surface area contributed by atoms with Crippen molar-refractivity contribution in [2.24, 2.45) is 5.92 Å². The fraction of sp³-hybridized carbons (Fsp3) is 0.458. The summed E-state index contributed by atoms with van der Waals surface area (Å²) in [6, 6.07) is 6.68. The zero-order valence-corrected chi connectivity index (χ0v) is 20.5. The molecule has 3 heterocycles. The van der Waals surface area contributed by atoms with Crippen LogP contribution >= 0.6 is 22.9 Å². The van der Waals surface area contributed by atoms with Crippen LogP contribution in [0.4, 0.5) is 0 Å². The summed E-state index contributed by atoms with van der Waals surface area (Å²) < 4.78 is 0. The summed E-state index contributed by atoms with van der Waals surface area (Å²) in [5, 5.41) is 17.8. The zero-order valence-electron chi connectivity index (χ0n) is 18.9. The van der Waals surface area contributed by atoms with Gasteiger partial charge in [0.2, 0.25) is 0 Å². The Labute approximate surface area is 206 Å². The highest BCUT2D eigenvalue weighted by Crippen LogP contribution is 2.28. The molecule has 5 rings (SSSR count). The Kier molecular flexibility index (Phi) is 6.61. The monoisotopic (exact) mass is 501 g/mol. The van der Waals surface area contributed by atoms with Gasteiger partial charge in [0.05, 0.1) is 5.69 Å². The van der Waals surface area contributed by atoms with Crippen molar-refractivity contribution in [3.8, 4) is 0 Å². The molecule has 1 fully saturated rings. The Hall–Kier alpha value is -2.46. The molecule has 2 amide bonds. The van der Waals surface area contributed by atoms with Gasteiger partial charge in [0.15, 0.2) is 5.01 Å². The van der Waals surface area contributed by atoms with Crippen LogP contribution in [0.3, 0.4) is 0 Å². The Morgan fingerprint density at radius 1 is 1.24 bits per heavy atom. The van der Waals surface area contributed by atoms with E-state index < -0.39 is 0 Å². The number of aliphatic hydroxyl groups excluding tert-OH is 1. The minimum atomic E-state index is -0.287. The number of aromatic amines is 1. The average molecular weight is 502 g/mol. The molecule has 180 valence electrons. The van der Waals surface area contributed by atoms with Crippen molar-refractivity contribution in [3.05, 3.63) is 50.6 Å². The number of halogens is 1. The number of hydrogen-bond donors (Lipinski definition) is 4. The third-order valence-electron chi connectivity index (χ3n) is 6.79. The van der Waals surface area contributed by atoms with Gasteiger partial charge in [-0.25, -0.2) is 4.98 Å². The molecule has 1 unspecified atom stereocenters. The van der Waals surface area contributed by atoms with Gasteiger partial charge in [0, 0.05) is 59.0 Å². The number of aliphatic hydroxyl groups is 1. The molecular formula is C24H28ClN5O3S. The zero-order chi connectivity index (χ0) is 23.8. The molecule has 0 bridgehead atoms. The Morgan fingerprint density at radius 3 is 2.88 bits per heavy atom. The molecule has 1 saturated carbocycles. The topological polar surface area (TPSA) is 110 Å². The van der Waals surface area contributed by atoms with Crippen LogP contribution in [0.5, 0.6) is 0 Å². The Balaban J connectivity index is 1.30. The van der Waals surface area contributed by atoms with E-state index in [1.165, 1.54) is 11.3 Å². The van der Waals surface area contributed by atoms with Crippen LogP contribution in [-0.4, -0.2) is 64.1 Å². The van der Waals surface area contributed by atoms with Crippen molar-refractivity contribution in [2.75, 3.05) is 20.2 Å². The van der Waals surface area contributed by atoms with Crippen LogP contribution in [0, 0.1) is 5.92 Å². The van der Waals surface area contributed by atoms with Crippen LogP contribution in [0.2, 0.25) is 5.02 Å². The summed E-state index contributed by atoms with van der Waals surface area (Å²) in [5.74, 6) is -0.358. The lowest BCUT2D eigenvalue weighted by Crippen LogP contribution is -2.55. The SMILES string of the molecule is CN1CCc2nc(C(=O)N[C@H]3CC(CO)CC[C@H]3NC(=O)c3cc4cc(Cl)ccc4[nH]3)sc2C1. The van der Waals surface area contributed by atoms with Crippen LogP contribution < -0.4 is 10.6 Å². The smallest absolute Gasteiger partial charge is 0.280 e. The molecule has 8 nitrogen and oxygen atoms in total. The van der Waals surface area contributed by atoms with Crippen molar-refractivity contribution >= 4 is 45.7 Å². The van der Waals surface area contributed by atoms with Crippen molar-refractivity contribution in [1.29, 1.82) is 0 Å². The molecule has 2 aliphatic rings. The summed E-state index contributed by atoms with van der Waals surface area (Å²) in [5.41, 5.74) is 2.29. The second-order valence-corrected chi connectivity index (χ2v) is 10.8. The van der Waals surface area contributed by atoms with Gasteiger partial charge in [-0.3, -0.25) is 9.59 Å². The minimum absolute atomic E-state index is 0.0632. The maximum Gasteiger partial charge on any atom is 0.280 e. The highest BCUT2D eigenvalue weighted by atomic mass is 35.5. The summed E-state index contributed by atoms with van der Waals surface area (Å²) in [7, 11) is 2.06. The molecule has 34 heavy (non-hydrogen) atoms. The number of nitrogens with one attached hydrogen (secondary N) is 3. The van der Waals surface area contributed by atoms with Gasteiger partial charge >= 0.3 is 0 Å². The van der Waals surface area contributed by atoms with Gasteiger partial charge in [-0.15, -0.1) is 11.3 Å². The van der Waals surface area contributed by atoms with E-state index in [1.54, 1.807) is 12.1 Å². The molecular weight excluding hydrogens is 474 g/mol. The number of nitrogens with zero attached hydrogens (tertiary/aromatic N) is 2. The number of H-pyrrole nitrogens is 1. The molecule has 0 saturated heterocycles. The molecule has 0 radical (unpaired) electrons. The van der Waals surface area contributed by atoms with Crippen molar-refractivity contribution in [3.63, 3.8) is 0 Å². The van der Waals surface area contributed by atoms with E-state index in [2.05, 4.69) is 32.5 Å². The quantitative estimate of drug-likeness (QED) is 0.429. The second-order valence-electron chi connectivity index (χ2n) is 9.31. The van der Waals surface area contributed by atoms with Crippen LogP contribution in [-0.2, 0) is 13.0 Å². The number of rotatable bonds is 5. The normalized spacial score (nSPS) is 23.0. The van der Waals surface area contributed by atoms with Crippen LogP contribution in [0.25, 0.3) is 10.9 Å². The van der Waals surface area contributed by atoms with Crippen LogP contribution in [0.1, 0.15) is 50.1 Å². The maximum absolute atomic E-state index is 13.1. The molecule has 1 aromatic carbocycles. The van der Waals surface area contributed by atoms with Gasteiger partial charge < -0.3 is 25.6 Å². The number of aromatic nitrogens is 2. The second kappa shape index (κ2) is 9.65. The number of likely N-dealkylation sites (N-methyl/N-ethyl adjacent to an activating group) is 1. The molecule has 3 atom stereocenters. The minimum Gasteiger partial charge on any atom is -0.396 e. The lowest BCUT2D eigenvalue weighted by atomic mass is 9.82. The highest BCUT2D eigenvalue weighted by Gasteiger charge is 2.34. The van der Waals surface area contributed by atoms with E-state index in [1.807, 2.05) is 12.1 Å². The first kappa shape index (κ1) is 23.3. The number of carbonyl (C=O) groups excluding carboxylic acids is 2. The Bertz CT molecular complexity index is 1220. The fourth-order valence-corrected chi connectivity index (χ4v) is 6.15. The number of amides is 2. The first-order valence-corrected chi connectivity index (χ1v) is 12.8. The summed E-state index contributed by atoms with van der Waals surface area (Å²) in [6.07, 6.45) is 2.91. The molecule has 3 aromatic rings. The van der Waals surface area contributed by atoms with E-state index in [4.69, 9.17) is 11.6 Å². The molecule has 4 N–H and O–H groups in total. The predicted octanol–water partition coefficient (Wildman–Crippen LogP) is 2.96. The molecule has 10 heteroatoms. The number of thiazole rings is 1. The summed E-state index contributed by atoms with van der Waals surface area (Å²) in [4.78, 5) is 37.2. The number of hydrogen-bond acceptors (Lipinski definition) is 6. The maximum atomic E-state index is 13.1. The average Bonchev–Trinajstić information content (AvgIpc) is 3.43. The van der Waals surface area contributed by atoms with E-state index >= 15 is 0 Å². The summed E-state index contributed by atoms with van der Waals surface area (Å²) in [6.45, 7) is 1.81. The molecule has 0 spiro atoms. The van der Waals surface area contributed by atoms with E-state index in [0.717, 1.165) is 47.4 Å². The van der Waals surface area contributed by atoms with Crippen LogP contribution in [0.15, 0.2) is 24.3 Å². The molecule has 1 aliphatic heterocycles. The van der Waals surface area contributed by atoms with Gasteiger partial charge in [0.25, 0.3) is 11.8 Å². The van der Waals surface area contributed by atoms with Crippen molar-refractivity contribution < 1.29 is 14.7 Å². The molecule has 1 aliphatic carbocycles. The first-order chi connectivity index (χ1) is 16.4. The molecule has 2 aromatic heterocycles. The van der Waals surface area contributed by atoms with Crippen molar-refractivity contribution in [2.45, 2.75) is 44.3 Å². The van der Waals surface area contributed by atoms with Gasteiger partial charge in [-0.2, -0.15) is 0 Å². The third-order valence-corrected chi connectivity index (χ3v) is 8.11. The highest BCUT2D eigenvalue weighted by molar-refractivity contribution is 7.13. The Morgan fingerprint density at radius 2 is 2.06 bits per heavy atom. The standard InChI is InChI=1S/C24H28ClN5O3S/c1-30-7-6-18-21(11-30)34-24(29-18)23(33)28-19-8-13(12-31)2-4-17(19)27-22(32)20-10-14-9-15(25)3-5-16(14)26-20/h3,5,9-10,13,17,19,26,31H,2,4,6-8,11-12H2,1H3,(H,27,32)(H,28,33)/t13?,17-,19+/m1/s1. The lowest BCUT2D eigenvalue weighted by Gasteiger charge is -2.36. The van der Waals surface area contributed by atoms with Gasteiger partial charge in [0.1, 0.15) is 5.69 Å². The lowest BCUT2D eigenvalue weighted by molar-refractivity contribution is 0.0815.